The Bertz CT molecular complexity index is 1050. The molecule has 0 amide bonds. The number of ether oxygens (including phenoxy) is 2. The Kier molecular flexibility index (Phi) is 7.70. The first kappa shape index (κ1) is 22.1. The van der Waals surface area contributed by atoms with Gasteiger partial charge in [0.2, 0.25) is 4.77 Å². The molecule has 2 aromatic carbocycles. The van der Waals surface area contributed by atoms with E-state index in [0.717, 1.165) is 24.2 Å². The predicted octanol–water partition coefficient (Wildman–Crippen LogP) is 5.41. The third kappa shape index (κ3) is 5.31. The number of aryl methyl sites for hydroxylation is 1. The molecular formula is C21H24ClFN4O2S. The first-order valence-electron chi connectivity index (χ1n) is 9.75. The summed E-state index contributed by atoms with van der Waals surface area (Å²) in [5.74, 6) is 1.51. The number of aromatic nitrogens is 3. The number of rotatable bonds is 10. The Morgan fingerprint density at radius 2 is 1.93 bits per heavy atom. The molecule has 0 saturated carbocycles. The van der Waals surface area contributed by atoms with Crippen molar-refractivity contribution in [3.05, 3.63) is 69.0 Å². The molecule has 3 aromatic rings. The Morgan fingerprint density at radius 3 is 2.67 bits per heavy atom. The second kappa shape index (κ2) is 10.4. The van der Waals surface area contributed by atoms with Crippen molar-refractivity contribution in [2.45, 2.75) is 39.8 Å². The van der Waals surface area contributed by atoms with Gasteiger partial charge in [0.25, 0.3) is 0 Å². The maximum atomic E-state index is 13.9. The quantitative estimate of drug-likeness (QED) is 0.404. The molecule has 0 aliphatic heterocycles. The molecule has 0 unspecified atom stereocenters. The lowest BCUT2D eigenvalue weighted by molar-refractivity contribution is 0.265. The molecule has 0 radical (unpaired) electrons. The first-order chi connectivity index (χ1) is 14.5. The lowest BCUT2D eigenvalue weighted by Crippen LogP contribution is -2.18. The van der Waals surface area contributed by atoms with Crippen molar-refractivity contribution in [2.24, 2.45) is 0 Å². The van der Waals surface area contributed by atoms with Crippen LogP contribution in [0.2, 0.25) is 5.02 Å². The summed E-state index contributed by atoms with van der Waals surface area (Å²) < 4.78 is 27.6. The third-order valence-electron chi connectivity index (χ3n) is 4.40. The summed E-state index contributed by atoms with van der Waals surface area (Å²) in [7, 11) is 0. The zero-order chi connectivity index (χ0) is 21.5. The van der Waals surface area contributed by atoms with Gasteiger partial charge < -0.3 is 14.9 Å². The summed E-state index contributed by atoms with van der Waals surface area (Å²) in [4.78, 5) is 0. The molecule has 0 aliphatic carbocycles. The summed E-state index contributed by atoms with van der Waals surface area (Å²) in [5, 5.41) is 7.53. The van der Waals surface area contributed by atoms with Crippen LogP contribution in [0.1, 0.15) is 37.2 Å². The fourth-order valence-corrected chi connectivity index (χ4v) is 3.35. The van der Waals surface area contributed by atoms with Crippen molar-refractivity contribution in [1.82, 2.24) is 14.9 Å². The number of benzene rings is 2. The van der Waals surface area contributed by atoms with Gasteiger partial charge in [-0.05, 0) is 43.3 Å². The summed E-state index contributed by atoms with van der Waals surface area (Å²) >= 11 is 11.8. The Balaban J connectivity index is 1.78. The van der Waals surface area contributed by atoms with Gasteiger partial charge in [0.15, 0.2) is 17.3 Å². The number of nitrogens with zero attached hydrogens (tertiary/aromatic N) is 2. The fraction of sp³-hybridized carbons (Fsp3) is 0.333. The van der Waals surface area contributed by atoms with Crippen molar-refractivity contribution in [2.75, 3.05) is 12.0 Å². The van der Waals surface area contributed by atoms with Crippen LogP contribution in [-0.4, -0.2) is 21.5 Å². The van der Waals surface area contributed by atoms with Crippen LogP contribution in [0.5, 0.6) is 11.5 Å². The van der Waals surface area contributed by atoms with Crippen LogP contribution in [0.3, 0.4) is 0 Å². The fourth-order valence-electron chi connectivity index (χ4n) is 2.91. The molecule has 0 spiro atoms. The predicted molar refractivity (Wildman–Crippen MR) is 118 cm³/mol. The van der Waals surface area contributed by atoms with Crippen LogP contribution in [0.4, 0.5) is 4.39 Å². The minimum Gasteiger partial charge on any atom is -0.490 e. The van der Waals surface area contributed by atoms with E-state index in [4.69, 9.17) is 33.3 Å². The summed E-state index contributed by atoms with van der Waals surface area (Å²) in [5.41, 5.74) is 4.51. The molecule has 0 aliphatic rings. The molecular weight excluding hydrogens is 427 g/mol. The second-order valence-electron chi connectivity index (χ2n) is 6.57. The van der Waals surface area contributed by atoms with Crippen LogP contribution < -0.4 is 14.9 Å². The van der Waals surface area contributed by atoms with Gasteiger partial charge in [0.05, 0.1) is 13.2 Å². The van der Waals surface area contributed by atoms with Gasteiger partial charge >= 0.3 is 0 Å². The average Bonchev–Trinajstić information content (AvgIpc) is 3.08. The van der Waals surface area contributed by atoms with E-state index in [1.165, 1.54) is 6.07 Å². The normalized spacial score (nSPS) is 10.8. The highest BCUT2D eigenvalue weighted by atomic mass is 35.5. The van der Waals surface area contributed by atoms with E-state index in [0.29, 0.717) is 40.0 Å². The third-order valence-corrected chi connectivity index (χ3v) is 5.02. The van der Waals surface area contributed by atoms with E-state index < -0.39 is 0 Å². The summed E-state index contributed by atoms with van der Waals surface area (Å²) in [6.07, 6.45) is 1.74. The SMILES string of the molecule is CCCc1n[nH]c(=S)n1NCc1cc(OCC)c(OCc2ccccc2F)cc1Cl. The summed E-state index contributed by atoms with van der Waals surface area (Å²) in [6.45, 7) is 4.91. The molecule has 1 aromatic heterocycles. The van der Waals surface area contributed by atoms with Crippen LogP contribution in [0.25, 0.3) is 0 Å². The molecule has 0 bridgehead atoms. The van der Waals surface area contributed by atoms with Crippen LogP contribution in [0, 0.1) is 10.6 Å². The molecule has 30 heavy (non-hydrogen) atoms. The molecule has 2 N–H and O–H groups in total. The van der Waals surface area contributed by atoms with Gasteiger partial charge in [0.1, 0.15) is 12.4 Å². The number of nitrogens with one attached hydrogen (secondary N) is 2. The number of aromatic amines is 1. The van der Waals surface area contributed by atoms with Gasteiger partial charge in [-0.3, -0.25) is 5.10 Å². The monoisotopic (exact) mass is 450 g/mol. The molecule has 9 heteroatoms. The number of halogens is 2. The van der Waals surface area contributed by atoms with Crippen molar-refractivity contribution in [1.29, 1.82) is 0 Å². The summed E-state index contributed by atoms with van der Waals surface area (Å²) in [6, 6.07) is 9.99. The molecule has 1 heterocycles. The van der Waals surface area contributed by atoms with Crippen LogP contribution >= 0.6 is 23.8 Å². The van der Waals surface area contributed by atoms with Crippen molar-refractivity contribution >= 4 is 23.8 Å². The molecule has 0 atom stereocenters. The lowest BCUT2D eigenvalue weighted by atomic mass is 10.2. The smallest absolute Gasteiger partial charge is 0.214 e. The maximum absolute atomic E-state index is 13.9. The van der Waals surface area contributed by atoms with E-state index in [1.807, 2.05) is 13.0 Å². The standard InChI is InChI=1S/C21H24ClFN4O2S/c1-3-7-20-25-26-21(30)27(20)24-12-15-10-18(28-4-2)19(11-16(15)22)29-13-14-8-5-6-9-17(14)23/h5-6,8-11,24H,3-4,7,12-13H2,1-2H3,(H,26,30). The van der Waals surface area contributed by atoms with E-state index in [9.17, 15) is 4.39 Å². The lowest BCUT2D eigenvalue weighted by Gasteiger charge is -2.16. The van der Waals surface area contributed by atoms with E-state index in [-0.39, 0.29) is 12.4 Å². The highest BCUT2D eigenvalue weighted by Crippen LogP contribution is 2.34. The van der Waals surface area contributed by atoms with Gasteiger partial charge in [-0.2, -0.15) is 5.10 Å². The molecule has 0 fully saturated rings. The topological polar surface area (TPSA) is 64.1 Å². The zero-order valence-corrected chi connectivity index (χ0v) is 18.4. The Labute approximate surface area is 185 Å². The minimum atomic E-state index is -0.317. The molecule has 6 nitrogen and oxygen atoms in total. The van der Waals surface area contributed by atoms with Crippen molar-refractivity contribution in [3.63, 3.8) is 0 Å². The number of hydrogen-bond acceptors (Lipinski definition) is 5. The zero-order valence-electron chi connectivity index (χ0n) is 16.9. The highest BCUT2D eigenvalue weighted by Gasteiger charge is 2.13. The van der Waals surface area contributed by atoms with Crippen LogP contribution in [-0.2, 0) is 19.6 Å². The largest absolute Gasteiger partial charge is 0.490 e. The molecule has 3 rings (SSSR count). The average molecular weight is 451 g/mol. The van der Waals surface area contributed by atoms with Crippen LogP contribution in [0.15, 0.2) is 36.4 Å². The van der Waals surface area contributed by atoms with Crippen molar-refractivity contribution in [3.8, 4) is 11.5 Å². The van der Waals surface area contributed by atoms with Crippen molar-refractivity contribution < 1.29 is 13.9 Å². The van der Waals surface area contributed by atoms with E-state index >= 15 is 0 Å². The molecule has 160 valence electrons. The molecule has 0 saturated heterocycles. The minimum absolute atomic E-state index is 0.0746. The first-order valence-corrected chi connectivity index (χ1v) is 10.5. The number of H-pyrrole nitrogens is 1. The van der Waals surface area contributed by atoms with Gasteiger partial charge in [-0.25, -0.2) is 9.07 Å². The number of hydrogen-bond donors (Lipinski definition) is 2. The van der Waals surface area contributed by atoms with Gasteiger partial charge in [-0.15, -0.1) is 0 Å². The van der Waals surface area contributed by atoms with E-state index in [2.05, 4.69) is 22.5 Å². The Morgan fingerprint density at radius 1 is 1.17 bits per heavy atom. The second-order valence-corrected chi connectivity index (χ2v) is 7.36. The van der Waals surface area contributed by atoms with Gasteiger partial charge in [0, 0.05) is 23.1 Å². The van der Waals surface area contributed by atoms with Gasteiger partial charge in [-0.1, -0.05) is 36.7 Å². The maximum Gasteiger partial charge on any atom is 0.214 e. The highest BCUT2D eigenvalue weighted by molar-refractivity contribution is 7.71. The Hall–Kier alpha value is -2.58. The van der Waals surface area contributed by atoms with E-state index in [1.54, 1.807) is 28.9 Å².